The summed E-state index contributed by atoms with van der Waals surface area (Å²) in [4.78, 5) is 2.41. The summed E-state index contributed by atoms with van der Waals surface area (Å²) in [7, 11) is 2.21. The number of hydrogen-bond donors (Lipinski definition) is 1. The molecule has 2 nitrogen and oxygen atoms in total. The minimum atomic E-state index is 0.664. The second-order valence-corrected chi connectivity index (χ2v) is 5.23. The second kappa shape index (κ2) is 6.49. The molecule has 15 heavy (non-hydrogen) atoms. The number of hydrogen-bond acceptors (Lipinski definition) is 2. The van der Waals surface area contributed by atoms with Crippen molar-refractivity contribution in [2.24, 2.45) is 5.92 Å². The van der Waals surface area contributed by atoms with E-state index < -0.39 is 0 Å². The first-order valence-corrected chi connectivity index (χ1v) is 6.58. The van der Waals surface area contributed by atoms with Gasteiger partial charge in [-0.15, -0.1) is 0 Å². The third kappa shape index (κ3) is 4.12. The Morgan fingerprint density at radius 2 is 2.07 bits per heavy atom. The summed E-state index contributed by atoms with van der Waals surface area (Å²) in [6.07, 6.45) is 5.60. The lowest BCUT2D eigenvalue weighted by atomic mass is 10.0. The SMILES string of the molecule is CCC1CCCC1NCCN(C)C(C)C. The standard InChI is InChI=1S/C13H28N2/c1-5-12-7-6-8-13(12)14-9-10-15(4)11(2)3/h11-14H,5-10H2,1-4H3. The third-order valence-electron chi connectivity index (χ3n) is 3.94. The van der Waals surface area contributed by atoms with Crippen LogP contribution in [0.3, 0.4) is 0 Å². The predicted octanol–water partition coefficient (Wildman–Crippen LogP) is 2.49. The fraction of sp³-hybridized carbons (Fsp3) is 1.00. The van der Waals surface area contributed by atoms with Crippen molar-refractivity contribution in [3.05, 3.63) is 0 Å². The molecule has 1 fully saturated rings. The summed E-state index contributed by atoms with van der Waals surface area (Å²) in [5.74, 6) is 0.939. The lowest BCUT2D eigenvalue weighted by Crippen LogP contribution is -2.39. The van der Waals surface area contributed by atoms with E-state index in [1.54, 1.807) is 0 Å². The smallest absolute Gasteiger partial charge is 0.0107 e. The normalized spacial score (nSPS) is 26.8. The Labute approximate surface area is 95.4 Å². The van der Waals surface area contributed by atoms with Crippen molar-refractivity contribution in [3.8, 4) is 0 Å². The molecule has 2 unspecified atom stereocenters. The van der Waals surface area contributed by atoms with E-state index in [2.05, 4.69) is 38.0 Å². The monoisotopic (exact) mass is 212 g/mol. The molecule has 1 N–H and O–H groups in total. The van der Waals surface area contributed by atoms with Gasteiger partial charge >= 0.3 is 0 Å². The molecule has 0 heterocycles. The van der Waals surface area contributed by atoms with Gasteiger partial charge in [0.25, 0.3) is 0 Å². The van der Waals surface area contributed by atoms with E-state index >= 15 is 0 Å². The zero-order valence-electron chi connectivity index (χ0n) is 10.9. The molecule has 0 aromatic carbocycles. The van der Waals surface area contributed by atoms with Crippen molar-refractivity contribution in [1.82, 2.24) is 10.2 Å². The van der Waals surface area contributed by atoms with Crippen LogP contribution in [0.5, 0.6) is 0 Å². The zero-order valence-corrected chi connectivity index (χ0v) is 10.9. The highest BCUT2D eigenvalue weighted by atomic mass is 15.1. The zero-order chi connectivity index (χ0) is 11.3. The molecule has 1 aliphatic carbocycles. The van der Waals surface area contributed by atoms with Gasteiger partial charge < -0.3 is 10.2 Å². The van der Waals surface area contributed by atoms with Crippen LogP contribution in [0.4, 0.5) is 0 Å². The fourth-order valence-electron chi connectivity index (χ4n) is 2.48. The van der Waals surface area contributed by atoms with E-state index in [0.717, 1.165) is 18.5 Å². The van der Waals surface area contributed by atoms with E-state index in [9.17, 15) is 0 Å². The van der Waals surface area contributed by atoms with Crippen LogP contribution < -0.4 is 5.32 Å². The number of rotatable bonds is 6. The summed E-state index contributed by atoms with van der Waals surface area (Å²) < 4.78 is 0. The quantitative estimate of drug-likeness (QED) is 0.728. The first-order chi connectivity index (χ1) is 7.15. The van der Waals surface area contributed by atoms with E-state index in [1.807, 2.05) is 0 Å². The van der Waals surface area contributed by atoms with Crippen molar-refractivity contribution < 1.29 is 0 Å². The van der Waals surface area contributed by atoms with Crippen LogP contribution in [-0.2, 0) is 0 Å². The average Bonchev–Trinajstić information content (AvgIpc) is 2.65. The van der Waals surface area contributed by atoms with E-state index in [-0.39, 0.29) is 0 Å². The molecule has 0 aliphatic heterocycles. The van der Waals surface area contributed by atoms with Crippen LogP contribution >= 0.6 is 0 Å². The molecular weight excluding hydrogens is 184 g/mol. The van der Waals surface area contributed by atoms with Gasteiger partial charge in [0.2, 0.25) is 0 Å². The maximum atomic E-state index is 3.73. The second-order valence-electron chi connectivity index (χ2n) is 5.23. The van der Waals surface area contributed by atoms with Crippen LogP contribution in [-0.4, -0.2) is 37.1 Å². The van der Waals surface area contributed by atoms with Crippen molar-refractivity contribution in [2.75, 3.05) is 20.1 Å². The highest BCUT2D eigenvalue weighted by Crippen LogP contribution is 2.27. The molecule has 90 valence electrons. The van der Waals surface area contributed by atoms with Crippen molar-refractivity contribution in [2.45, 2.75) is 58.5 Å². The molecule has 1 rings (SSSR count). The van der Waals surface area contributed by atoms with Crippen molar-refractivity contribution in [3.63, 3.8) is 0 Å². The molecular formula is C13H28N2. The van der Waals surface area contributed by atoms with Crippen molar-refractivity contribution in [1.29, 1.82) is 0 Å². The van der Waals surface area contributed by atoms with Gasteiger partial charge in [0.1, 0.15) is 0 Å². The predicted molar refractivity (Wildman–Crippen MR) is 67.2 cm³/mol. The number of nitrogens with one attached hydrogen (secondary N) is 1. The van der Waals surface area contributed by atoms with Gasteiger partial charge in [0.15, 0.2) is 0 Å². The molecule has 2 atom stereocenters. The largest absolute Gasteiger partial charge is 0.312 e. The Morgan fingerprint density at radius 3 is 2.67 bits per heavy atom. The lowest BCUT2D eigenvalue weighted by molar-refractivity contribution is 0.262. The fourth-order valence-corrected chi connectivity index (χ4v) is 2.48. The Morgan fingerprint density at radius 1 is 1.33 bits per heavy atom. The highest BCUT2D eigenvalue weighted by molar-refractivity contribution is 4.82. The van der Waals surface area contributed by atoms with Gasteiger partial charge in [-0.2, -0.15) is 0 Å². The molecule has 0 saturated heterocycles. The minimum Gasteiger partial charge on any atom is -0.312 e. The maximum absolute atomic E-state index is 3.73. The molecule has 0 bridgehead atoms. The molecule has 0 amide bonds. The molecule has 1 saturated carbocycles. The summed E-state index contributed by atoms with van der Waals surface area (Å²) in [5, 5.41) is 3.73. The molecule has 1 aliphatic rings. The van der Waals surface area contributed by atoms with Crippen molar-refractivity contribution >= 4 is 0 Å². The van der Waals surface area contributed by atoms with E-state index in [1.165, 1.54) is 32.2 Å². The number of likely N-dealkylation sites (N-methyl/N-ethyl adjacent to an activating group) is 1. The van der Waals surface area contributed by atoms with Crippen LogP contribution in [0.25, 0.3) is 0 Å². The minimum absolute atomic E-state index is 0.664. The Balaban J connectivity index is 2.14. The first-order valence-electron chi connectivity index (χ1n) is 6.58. The van der Waals surface area contributed by atoms with Gasteiger partial charge in [-0.3, -0.25) is 0 Å². The molecule has 2 heteroatoms. The molecule has 0 aromatic rings. The van der Waals surface area contributed by atoms with Crippen LogP contribution in [0, 0.1) is 5.92 Å². The van der Waals surface area contributed by atoms with E-state index in [0.29, 0.717) is 6.04 Å². The van der Waals surface area contributed by atoms with Crippen LogP contribution in [0.15, 0.2) is 0 Å². The van der Waals surface area contributed by atoms with Gasteiger partial charge in [-0.25, -0.2) is 0 Å². The summed E-state index contributed by atoms with van der Waals surface area (Å²) in [6, 6.07) is 1.47. The first kappa shape index (κ1) is 13.0. The summed E-state index contributed by atoms with van der Waals surface area (Å²) in [5.41, 5.74) is 0. The van der Waals surface area contributed by atoms with Crippen LogP contribution in [0.2, 0.25) is 0 Å². The molecule has 0 radical (unpaired) electrons. The van der Waals surface area contributed by atoms with Gasteiger partial charge in [0.05, 0.1) is 0 Å². The molecule has 0 spiro atoms. The van der Waals surface area contributed by atoms with Gasteiger partial charge in [0, 0.05) is 25.2 Å². The summed E-state index contributed by atoms with van der Waals surface area (Å²) >= 11 is 0. The Bertz CT molecular complexity index is 168. The maximum Gasteiger partial charge on any atom is 0.0107 e. The topological polar surface area (TPSA) is 15.3 Å². The molecule has 0 aromatic heterocycles. The van der Waals surface area contributed by atoms with Gasteiger partial charge in [-0.1, -0.05) is 19.8 Å². The van der Waals surface area contributed by atoms with Crippen LogP contribution in [0.1, 0.15) is 46.5 Å². The summed E-state index contributed by atoms with van der Waals surface area (Å²) in [6.45, 7) is 9.15. The lowest BCUT2D eigenvalue weighted by Gasteiger charge is -2.24. The van der Waals surface area contributed by atoms with Gasteiger partial charge in [-0.05, 0) is 39.7 Å². The average molecular weight is 212 g/mol. The highest BCUT2D eigenvalue weighted by Gasteiger charge is 2.24. The number of nitrogens with zero attached hydrogens (tertiary/aromatic N) is 1. The Kier molecular flexibility index (Phi) is 5.62. The Hall–Kier alpha value is -0.0800. The van der Waals surface area contributed by atoms with E-state index in [4.69, 9.17) is 0 Å². The third-order valence-corrected chi connectivity index (χ3v) is 3.94.